The lowest BCUT2D eigenvalue weighted by atomic mass is 10.0. The fourth-order valence-corrected chi connectivity index (χ4v) is 3.14. The Labute approximate surface area is 148 Å². The van der Waals surface area contributed by atoms with Crippen LogP contribution in [0.15, 0.2) is 49.1 Å². The van der Waals surface area contributed by atoms with Crippen LogP contribution in [-0.4, -0.2) is 32.2 Å². The first-order chi connectivity index (χ1) is 12.1. The van der Waals surface area contributed by atoms with Crippen LogP contribution in [0.3, 0.4) is 0 Å². The number of hydrogen-bond donors (Lipinski definition) is 0. The van der Waals surface area contributed by atoms with Crippen LogP contribution in [0.25, 0.3) is 5.65 Å². The molecule has 3 rings (SSSR count). The molecule has 3 aromatic rings. The molecule has 0 saturated heterocycles. The number of carbonyl (C=O) groups is 1. The van der Waals surface area contributed by atoms with Gasteiger partial charge in [-0.2, -0.15) is 0 Å². The Hall–Kier alpha value is -2.69. The molecule has 5 heteroatoms. The van der Waals surface area contributed by atoms with Crippen molar-refractivity contribution in [1.82, 2.24) is 19.3 Å². The Balaban J connectivity index is 1.88. The second-order valence-corrected chi connectivity index (χ2v) is 6.43. The SMILES string of the molecule is CCCCC(c1cccnc1)N(C)C(=O)c1ccc2nc(C)cn2c1. The van der Waals surface area contributed by atoms with Crippen LogP contribution >= 0.6 is 0 Å². The molecule has 0 spiro atoms. The summed E-state index contributed by atoms with van der Waals surface area (Å²) in [6.07, 6.45) is 10.5. The van der Waals surface area contributed by atoms with E-state index < -0.39 is 0 Å². The van der Waals surface area contributed by atoms with Crippen LogP contribution < -0.4 is 0 Å². The van der Waals surface area contributed by atoms with E-state index in [9.17, 15) is 4.79 Å². The molecule has 0 bridgehead atoms. The van der Waals surface area contributed by atoms with Crippen LogP contribution in [0, 0.1) is 6.92 Å². The fourth-order valence-electron chi connectivity index (χ4n) is 3.14. The van der Waals surface area contributed by atoms with Crippen molar-refractivity contribution in [3.63, 3.8) is 0 Å². The number of rotatable bonds is 6. The molecule has 3 heterocycles. The number of carbonyl (C=O) groups excluding carboxylic acids is 1. The zero-order valence-electron chi connectivity index (χ0n) is 15.0. The molecular weight excluding hydrogens is 312 g/mol. The first-order valence-electron chi connectivity index (χ1n) is 8.72. The summed E-state index contributed by atoms with van der Waals surface area (Å²) in [5.41, 5.74) is 3.53. The maximum absolute atomic E-state index is 13.0. The predicted molar refractivity (Wildman–Crippen MR) is 98.5 cm³/mol. The number of imidazole rings is 1. The van der Waals surface area contributed by atoms with Gasteiger partial charge in [-0.1, -0.05) is 25.8 Å². The van der Waals surface area contributed by atoms with Gasteiger partial charge in [0.15, 0.2) is 0 Å². The fraction of sp³-hybridized carbons (Fsp3) is 0.350. The number of pyridine rings is 2. The first kappa shape index (κ1) is 17.1. The first-order valence-corrected chi connectivity index (χ1v) is 8.72. The van der Waals surface area contributed by atoms with E-state index in [4.69, 9.17) is 0 Å². The molecular formula is C20H24N4O. The van der Waals surface area contributed by atoms with Crippen LogP contribution in [0.1, 0.15) is 53.8 Å². The number of fused-ring (bicyclic) bond motifs is 1. The third-order valence-electron chi connectivity index (χ3n) is 4.51. The van der Waals surface area contributed by atoms with E-state index in [0.29, 0.717) is 5.56 Å². The van der Waals surface area contributed by atoms with Gasteiger partial charge in [0, 0.05) is 31.8 Å². The van der Waals surface area contributed by atoms with E-state index in [1.807, 2.05) is 66.1 Å². The largest absolute Gasteiger partial charge is 0.335 e. The molecule has 1 unspecified atom stereocenters. The van der Waals surface area contributed by atoms with Crippen molar-refractivity contribution in [2.75, 3.05) is 7.05 Å². The monoisotopic (exact) mass is 336 g/mol. The van der Waals surface area contributed by atoms with Gasteiger partial charge in [0.1, 0.15) is 5.65 Å². The predicted octanol–water partition coefficient (Wildman–Crippen LogP) is 4.04. The molecule has 0 saturated carbocycles. The standard InChI is InChI=1S/C20H24N4O/c1-4-5-8-18(16-7-6-11-21-12-16)23(3)20(25)17-9-10-19-22-15(2)13-24(19)14-17/h6-7,9-14,18H,4-5,8H2,1-3H3. The zero-order valence-corrected chi connectivity index (χ0v) is 15.0. The molecule has 3 aromatic heterocycles. The molecule has 0 aliphatic rings. The van der Waals surface area contributed by atoms with E-state index in [-0.39, 0.29) is 11.9 Å². The second-order valence-electron chi connectivity index (χ2n) is 6.43. The van der Waals surface area contributed by atoms with Crippen molar-refractivity contribution in [3.8, 4) is 0 Å². The van der Waals surface area contributed by atoms with Crippen molar-refractivity contribution in [2.24, 2.45) is 0 Å². The van der Waals surface area contributed by atoms with Gasteiger partial charge >= 0.3 is 0 Å². The average Bonchev–Trinajstić information content (AvgIpc) is 3.01. The highest BCUT2D eigenvalue weighted by molar-refractivity contribution is 5.94. The molecule has 0 aliphatic carbocycles. The highest BCUT2D eigenvalue weighted by Crippen LogP contribution is 2.26. The summed E-state index contributed by atoms with van der Waals surface area (Å²) in [5.74, 6) is 0.0122. The highest BCUT2D eigenvalue weighted by Gasteiger charge is 2.23. The maximum atomic E-state index is 13.0. The molecule has 25 heavy (non-hydrogen) atoms. The third kappa shape index (κ3) is 3.71. The van der Waals surface area contributed by atoms with Gasteiger partial charge in [0.2, 0.25) is 0 Å². The minimum atomic E-state index is 0.0122. The van der Waals surface area contributed by atoms with Gasteiger partial charge < -0.3 is 9.30 Å². The summed E-state index contributed by atoms with van der Waals surface area (Å²) in [4.78, 5) is 23.5. The van der Waals surface area contributed by atoms with Crippen molar-refractivity contribution in [3.05, 3.63) is 65.9 Å². The smallest absolute Gasteiger partial charge is 0.255 e. The topological polar surface area (TPSA) is 50.5 Å². The minimum absolute atomic E-state index is 0.0122. The van der Waals surface area contributed by atoms with Gasteiger partial charge in [-0.25, -0.2) is 4.98 Å². The Morgan fingerprint density at radius 2 is 2.12 bits per heavy atom. The van der Waals surface area contributed by atoms with E-state index in [2.05, 4.69) is 16.9 Å². The van der Waals surface area contributed by atoms with Crippen molar-refractivity contribution >= 4 is 11.6 Å². The molecule has 0 fully saturated rings. The number of unbranched alkanes of at least 4 members (excludes halogenated alkanes) is 1. The van der Waals surface area contributed by atoms with Gasteiger partial charge in [0.05, 0.1) is 17.3 Å². The number of aromatic nitrogens is 3. The molecule has 0 aliphatic heterocycles. The van der Waals surface area contributed by atoms with E-state index in [0.717, 1.165) is 36.2 Å². The Morgan fingerprint density at radius 1 is 1.28 bits per heavy atom. The Morgan fingerprint density at radius 3 is 2.84 bits per heavy atom. The summed E-state index contributed by atoms with van der Waals surface area (Å²) < 4.78 is 1.90. The van der Waals surface area contributed by atoms with Crippen LogP contribution in [0.4, 0.5) is 0 Å². The van der Waals surface area contributed by atoms with E-state index in [1.165, 1.54) is 0 Å². The van der Waals surface area contributed by atoms with Gasteiger partial charge in [-0.3, -0.25) is 9.78 Å². The molecule has 1 atom stereocenters. The maximum Gasteiger partial charge on any atom is 0.255 e. The van der Waals surface area contributed by atoms with Crippen LogP contribution in [0.2, 0.25) is 0 Å². The van der Waals surface area contributed by atoms with Crippen molar-refractivity contribution < 1.29 is 4.79 Å². The number of aryl methyl sites for hydroxylation is 1. The second kappa shape index (κ2) is 7.47. The van der Waals surface area contributed by atoms with Gasteiger partial charge in [0.25, 0.3) is 5.91 Å². The molecule has 0 radical (unpaired) electrons. The summed E-state index contributed by atoms with van der Waals surface area (Å²) in [5, 5.41) is 0. The summed E-state index contributed by atoms with van der Waals surface area (Å²) in [7, 11) is 1.87. The number of hydrogen-bond acceptors (Lipinski definition) is 3. The Kier molecular flexibility index (Phi) is 5.12. The number of amides is 1. The van der Waals surface area contributed by atoms with Crippen molar-refractivity contribution in [1.29, 1.82) is 0 Å². The Bertz CT molecular complexity index is 857. The zero-order chi connectivity index (χ0) is 17.8. The van der Waals surface area contributed by atoms with E-state index >= 15 is 0 Å². The molecule has 0 N–H and O–H groups in total. The molecule has 5 nitrogen and oxygen atoms in total. The third-order valence-corrected chi connectivity index (χ3v) is 4.51. The lowest BCUT2D eigenvalue weighted by molar-refractivity contribution is 0.0719. The molecule has 0 aromatic carbocycles. The van der Waals surface area contributed by atoms with Gasteiger partial charge in [-0.05, 0) is 37.1 Å². The van der Waals surface area contributed by atoms with Crippen molar-refractivity contribution in [2.45, 2.75) is 39.2 Å². The summed E-state index contributed by atoms with van der Waals surface area (Å²) in [6, 6.07) is 7.73. The normalized spacial score (nSPS) is 12.3. The number of nitrogens with zero attached hydrogens (tertiary/aromatic N) is 4. The molecule has 130 valence electrons. The van der Waals surface area contributed by atoms with Crippen LogP contribution in [-0.2, 0) is 0 Å². The van der Waals surface area contributed by atoms with E-state index in [1.54, 1.807) is 6.20 Å². The quantitative estimate of drug-likeness (QED) is 0.682. The van der Waals surface area contributed by atoms with Gasteiger partial charge in [-0.15, -0.1) is 0 Å². The lowest BCUT2D eigenvalue weighted by Gasteiger charge is -2.28. The molecule has 1 amide bonds. The lowest BCUT2D eigenvalue weighted by Crippen LogP contribution is -2.31. The minimum Gasteiger partial charge on any atom is -0.335 e. The van der Waals surface area contributed by atoms with Crippen LogP contribution in [0.5, 0.6) is 0 Å². The summed E-state index contributed by atoms with van der Waals surface area (Å²) >= 11 is 0. The average molecular weight is 336 g/mol. The summed E-state index contributed by atoms with van der Waals surface area (Å²) in [6.45, 7) is 4.11. The highest BCUT2D eigenvalue weighted by atomic mass is 16.2.